The summed E-state index contributed by atoms with van der Waals surface area (Å²) >= 11 is 0. The number of hydrogen-bond donors (Lipinski definition) is 1. The minimum absolute atomic E-state index is 0.0838. The molecule has 6 nitrogen and oxygen atoms in total. The molecule has 0 atom stereocenters. The molecular weight excluding hydrogens is 376 g/mol. The Morgan fingerprint density at radius 3 is 2.29 bits per heavy atom. The molecular formula is C21H24N2O4S. The van der Waals surface area contributed by atoms with E-state index in [0.717, 1.165) is 11.3 Å². The maximum atomic E-state index is 12.9. The topological polar surface area (TPSA) is 83.6 Å². The molecule has 0 radical (unpaired) electrons. The molecule has 3 rings (SSSR count). The van der Waals surface area contributed by atoms with Crippen LogP contribution < -0.4 is 5.32 Å². The van der Waals surface area contributed by atoms with Gasteiger partial charge in [-0.1, -0.05) is 29.8 Å². The number of piperidine rings is 1. The second-order valence-electron chi connectivity index (χ2n) is 7.12. The van der Waals surface area contributed by atoms with Crippen LogP contribution in [0, 0.1) is 12.8 Å². The third-order valence-electron chi connectivity index (χ3n) is 5.02. The molecule has 1 amide bonds. The monoisotopic (exact) mass is 400 g/mol. The average Bonchev–Trinajstić information content (AvgIpc) is 2.70. The van der Waals surface area contributed by atoms with E-state index in [2.05, 4.69) is 5.32 Å². The number of benzene rings is 2. The lowest BCUT2D eigenvalue weighted by Gasteiger charge is -2.30. The molecule has 1 saturated heterocycles. The first-order valence-corrected chi connectivity index (χ1v) is 10.7. The Kier molecular flexibility index (Phi) is 5.96. The highest BCUT2D eigenvalue weighted by Gasteiger charge is 2.32. The van der Waals surface area contributed by atoms with Gasteiger partial charge >= 0.3 is 0 Å². The number of rotatable bonds is 5. The van der Waals surface area contributed by atoms with Gasteiger partial charge in [-0.3, -0.25) is 9.59 Å². The molecule has 0 bridgehead atoms. The Morgan fingerprint density at radius 1 is 1.04 bits per heavy atom. The van der Waals surface area contributed by atoms with Crippen LogP contribution in [0.4, 0.5) is 5.69 Å². The van der Waals surface area contributed by atoms with Crippen LogP contribution in [0.25, 0.3) is 0 Å². The van der Waals surface area contributed by atoms with Gasteiger partial charge < -0.3 is 5.32 Å². The number of nitrogens with one attached hydrogen (secondary N) is 1. The molecule has 148 valence electrons. The zero-order valence-corrected chi connectivity index (χ0v) is 16.8. The molecule has 7 heteroatoms. The van der Waals surface area contributed by atoms with Gasteiger partial charge in [0.1, 0.15) is 0 Å². The molecule has 1 aliphatic rings. The predicted molar refractivity (Wildman–Crippen MR) is 108 cm³/mol. The highest BCUT2D eigenvalue weighted by molar-refractivity contribution is 7.89. The molecule has 2 aromatic rings. The third-order valence-corrected chi connectivity index (χ3v) is 6.92. The predicted octanol–water partition coefficient (Wildman–Crippen LogP) is 3.24. The molecule has 0 spiro atoms. The zero-order valence-electron chi connectivity index (χ0n) is 16.0. The van der Waals surface area contributed by atoms with Crippen molar-refractivity contribution in [3.8, 4) is 0 Å². The molecule has 0 aliphatic carbocycles. The standard InChI is InChI=1S/C21H24N2O4S/c1-15-6-8-19(9-7-15)22-21(25)17-10-12-23(13-11-17)28(26,27)20-5-3-4-18(14-20)16(2)24/h3-9,14,17H,10-13H2,1-2H3,(H,22,25). The number of nitrogens with zero attached hydrogens (tertiary/aromatic N) is 1. The van der Waals surface area contributed by atoms with Gasteiger partial charge in [-0.2, -0.15) is 4.31 Å². The average molecular weight is 401 g/mol. The van der Waals surface area contributed by atoms with Crippen molar-refractivity contribution < 1.29 is 18.0 Å². The molecule has 1 aliphatic heterocycles. The molecule has 0 saturated carbocycles. The van der Waals surface area contributed by atoms with Crippen molar-refractivity contribution in [3.05, 3.63) is 59.7 Å². The van der Waals surface area contributed by atoms with Gasteiger partial charge in [0.15, 0.2) is 5.78 Å². The lowest BCUT2D eigenvalue weighted by Crippen LogP contribution is -2.41. The Labute approximate surface area is 165 Å². The summed E-state index contributed by atoms with van der Waals surface area (Å²) in [5.74, 6) is -0.487. The summed E-state index contributed by atoms with van der Waals surface area (Å²) in [6, 6.07) is 13.7. The second kappa shape index (κ2) is 8.24. The zero-order chi connectivity index (χ0) is 20.3. The Bertz CT molecular complexity index is 976. The maximum Gasteiger partial charge on any atom is 0.243 e. The van der Waals surface area contributed by atoms with E-state index in [4.69, 9.17) is 0 Å². The van der Waals surface area contributed by atoms with E-state index in [1.807, 2.05) is 31.2 Å². The summed E-state index contributed by atoms with van der Waals surface area (Å²) in [5, 5.41) is 2.90. The Balaban J connectivity index is 1.64. The number of sulfonamides is 1. The number of anilines is 1. The van der Waals surface area contributed by atoms with Crippen LogP contribution in [0.2, 0.25) is 0 Å². The Hall–Kier alpha value is -2.51. The van der Waals surface area contributed by atoms with Crippen LogP contribution in [0.3, 0.4) is 0 Å². The van der Waals surface area contributed by atoms with E-state index in [-0.39, 0.29) is 35.6 Å². The first-order valence-electron chi connectivity index (χ1n) is 9.26. The van der Waals surface area contributed by atoms with Crippen LogP contribution in [0.5, 0.6) is 0 Å². The molecule has 0 aromatic heterocycles. The smallest absolute Gasteiger partial charge is 0.243 e. The van der Waals surface area contributed by atoms with Gasteiger partial charge in [0.2, 0.25) is 15.9 Å². The number of ketones is 1. The Morgan fingerprint density at radius 2 is 1.68 bits per heavy atom. The van der Waals surface area contributed by atoms with E-state index in [1.165, 1.54) is 23.4 Å². The van der Waals surface area contributed by atoms with E-state index in [1.54, 1.807) is 12.1 Å². The van der Waals surface area contributed by atoms with Crippen LogP contribution in [0.1, 0.15) is 35.7 Å². The highest BCUT2D eigenvalue weighted by Crippen LogP contribution is 2.25. The van der Waals surface area contributed by atoms with Crippen molar-refractivity contribution in [2.45, 2.75) is 31.6 Å². The molecule has 1 N–H and O–H groups in total. The van der Waals surface area contributed by atoms with Crippen LogP contribution >= 0.6 is 0 Å². The molecule has 1 heterocycles. The lowest BCUT2D eigenvalue weighted by atomic mass is 9.97. The van der Waals surface area contributed by atoms with Gasteiger partial charge in [-0.15, -0.1) is 0 Å². The summed E-state index contributed by atoms with van der Waals surface area (Å²) in [6.45, 7) is 3.94. The van der Waals surface area contributed by atoms with Crippen molar-refractivity contribution in [2.24, 2.45) is 5.92 Å². The summed E-state index contributed by atoms with van der Waals surface area (Å²) in [4.78, 5) is 24.1. The molecule has 2 aromatic carbocycles. The minimum Gasteiger partial charge on any atom is -0.326 e. The molecule has 0 unspecified atom stereocenters. The fourth-order valence-electron chi connectivity index (χ4n) is 3.26. The number of amides is 1. The quantitative estimate of drug-likeness (QED) is 0.781. The summed E-state index contributed by atoms with van der Waals surface area (Å²) in [5.41, 5.74) is 2.23. The van der Waals surface area contributed by atoms with Crippen LogP contribution in [-0.2, 0) is 14.8 Å². The molecule has 28 heavy (non-hydrogen) atoms. The first-order chi connectivity index (χ1) is 13.3. The number of hydrogen-bond acceptors (Lipinski definition) is 4. The van der Waals surface area contributed by atoms with Gasteiger partial charge in [0.05, 0.1) is 4.90 Å². The van der Waals surface area contributed by atoms with Crippen molar-refractivity contribution in [2.75, 3.05) is 18.4 Å². The minimum atomic E-state index is -3.68. The molecule has 1 fully saturated rings. The summed E-state index contributed by atoms with van der Waals surface area (Å²) in [7, 11) is -3.68. The fourth-order valence-corrected chi connectivity index (χ4v) is 4.78. The van der Waals surface area contributed by atoms with Crippen molar-refractivity contribution >= 4 is 27.4 Å². The first kappa shape index (κ1) is 20.2. The normalized spacial score (nSPS) is 15.9. The number of carbonyl (C=O) groups is 2. The van der Waals surface area contributed by atoms with Crippen LogP contribution in [0.15, 0.2) is 53.4 Å². The second-order valence-corrected chi connectivity index (χ2v) is 9.06. The number of Topliss-reactive ketones (excluding diaryl/α,β-unsaturated/α-hetero) is 1. The summed E-state index contributed by atoms with van der Waals surface area (Å²) < 4.78 is 27.1. The summed E-state index contributed by atoms with van der Waals surface area (Å²) in [6.07, 6.45) is 0.923. The largest absolute Gasteiger partial charge is 0.326 e. The number of aryl methyl sites for hydroxylation is 1. The number of carbonyl (C=O) groups excluding carboxylic acids is 2. The SMILES string of the molecule is CC(=O)c1cccc(S(=O)(=O)N2CCC(C(=O)Nc3ccc(C)cc3)CC2)c1. The van der Waals surface area contributed by atoms with E-state index in [9.17, 15) is 18.0 Å². The third kappa shape index (κ3) is 4.48. The lowest BCUT2D eigenvalue weighted by molar-refractivity contribution is -0.120. The van der Waals surface area contributed by atoms with Gasteiger partial charge in [0.25, 0.3) is 0 Å². The highest BCUT2D eigenvalue weighted by atomic mass is 32.2. The van der Waals surface area contributed by atoms with E-state index in [0.29, 0.717) is 18.4 Å². The van der Waals surface area contributed by atoms with Crippen molar-refractivity contribution in [1.29, 1.82) is 0 Å². The van der Waals surface area contributed by atoms with E-state index >= 15 is 0 Å². The van der Waals surface area contributed by atoms with Gasteiger partial charge in [-0.25, -0.2) is 8.42 Å². The fraction of sp³-hybridized carbons (Fsp3) is 0.333. The van der Waals surface area contributed by atoms with Crippen molar-refractivity contribution in [1.82, 2.24) is 4.31 Å². The van der Waals surface area contributed by atoms with Crippen molar-refractivity contribution in [3.63, 3.8) is 0 Å². The van der Waals surface area contributed by atoms with Gasteiger partial charge in [-0.05, 0) is 51.0 Å². The maximum absolute atomic E-state index is 12.9. The van der Waals surface area contributed by atoms with E-state index < -0.39 is 10.0 Å². The van der Waals surface area contributed by atoms with Gasteiger partial charge in [0, 0.05) is 30.3 Å². The van der Waals surface area contributed by atoms with Crippen LogP contribution in [-0.4, -0.2) is 37.5 Å².